The van der Waals surface area contributed by atoms with Crippen LogP contribution < -0.4 is 5.32 Å². The largest absolute Gasteiger partial charge is 0.465 e. The number of aromatic nitrogens is 1. The number of hydrogen-bond donors (Lipinski definition) is 1. The van der Waals surface area contributed by atoms with Gasteiger partial charge in [-0.05, 0) is 23.8 Å². The maximum atomic E-state index is 11.4. The average molecular weight is 302 g/mol. The molecule has 21 heavy (non-hydrogen) atoms. The molecule has 5 nitrogen and oxygen atoms in total. The Hall–Kier alpha value is -2.47. The molecule has 1 aromatic heterocycles. The van der Waals surface area contributed by atoms with Crippen molar-refractivity contribution in [1.29, 1.82) is 0 Å². The van der Waals surface area contributed by atoms with Gasteiger partial charge in [0.2, 0.25) is 5.91 Å². The molecule has 0 aliphatic rings. The number of nitrogens with one attached hydrogen (secondary N) is 1. The lowest BCUT2D eigenvalue weighted by atomic mass is 10.1. The molecular weight excluding hydrogens is 288 g/mol. The predicted octanol–water partition coefficient (Wildman–Crippen LogP) is 3.06. The summed E-state index contributed by atoms with van der Waals surface area (Å²) in [5.41, 5.74) is 2.11. The Morgan fingerprint density at radius 3 is 2.86 bits per heavy atom. The fourth-order valence-corrected chi connectivity index (χ4v) is 2.36. The summed E-state index contributed by atoms with van der Waals surface area (Å²) in [7, 11) is 1.35. The van der Waals surface area contributed by atoms with Crippen LogP contribution in [0.4, 0.5) is 5.13 Å². The summed E-state index contributed by atoms with van der Waals surface area (Å²) in [6.07, 6.45) is 3.66. The van der Waals surface area contributed by atoms with E-state index in [0.717, 1.165) is 11.3 Å². The third kappa shape index (κ3) is 4.25. The second-order valence-electron chi connectivity index (χ2n) is 4.21. The molecule has 0 aliphatic carbocycles. The van der Waals surface area contributed by atoms with Gasteiger partial charge in [0.05, 0.1) is 18.4 Å². The van der Waals surface area contributed by atoms with Crippen LogP contribution in [0.25, 0.3) is 12.2 Å². The molecular formula is C15H14N2O3S. The number of hydrogen-bond acceptors (Lipinski definition) is 5. The van der Waals surface area contributed by atoms with Crippen LogP contribution in [0.3, 0.4) is 0 Å². The fraction of sp³-hybridized carbons (Fsp3) is 0.133. The number of rotatable bonds is 4. The minimum Gasteiger partial charge on any atom is -0.465 e. The molecule has 0 spiro atoms. The van der Waals surface area contributed by atoms with Crippen LogP contribution in [0.2, 0.25) is 0 Å². The van der Waals surface area contributed by atoms with Crippen molar-refractivity contribution in [2.24, 2.45) is 0 Å². The summed E-state index contributed by atoms with van der Waals surface area (Å²) < 4.78 is 4.68. The van der Waals surface area contributed by atoms with Crippen LogP contribution in [0.15, 0.2) is 29.6 Å². The van der Waals surface area contributed by atoms with Gasteiger partial charge in [0, 0.05) is 12.3 Å². The van der Waals surface area contributed by atoms with Gasteiger partial charge < -0.3 is 10.1 Å². The molecule has 6 heteroatoms. The van der Waals surface area contributed by atoms with Gasteiger partial charge in [-0.15, -0.1) is 11.3 Å². The molecule has 0 fully saturated rings. The Morgan fingerprint density at radius 1 is 1.33 bits per heavy atom. The van der Waals surface area contributed by atoms with Crippen molar-refractivity contribution in [3.05, 3.63) is 46.5 Å². The highest BCUT2D eigenvalue weighted by Crippen LogP contribution is 2.17. The third-order valence-electron chi connectivity index (χ3n) is 2.56. The van der Waals surface area contributed by atoms with Crippen molar-refractivity contribution in [2.75, 3.05) is 12.4 Å². The first-order chi connectivity index (χ1) is 10.1. The summed E-state index contributed by atoms with van der Waals surface area (Å²) in [5.74, 6) is -0.516. The summed E-state index contributed by atoms with van der Waals surface area (Å²) >= 11 is 1.36. The Labute approximate surface area is 126 Å². The number of esters is 1. The van der Waals surface area contributed by atoms with E-state index in [-0.39, 0.29) is 11.9 Å². The second-order valence-corrected chi connectivity index (χ2v) is 5.07. The first-order valence-electron chi connectivity index (χ1n) is 6.18. The van der Waals surface area contributed by atoms with Crippen LogP contribution in [0.5, 0.6) is 0 Å². The quantitative estimate of drug-likeness (QED) is 0.881. The number of amides is 1. The van der Waals surface area contributed by atoms with Crippen molar-refractivity contribution in [2.45, 2.75) is 6.92 Å². The number of carbonyl (C=O) groups is 2. The molecule has 0 unspecified atom stereocenters. The monoisotopic (exact) mass is 302 g/mol. The van der Waals surface area contributed by atoms with Gasteiger partial charge >= 0.3 is 5.97 Å². The lowest BCUT2D eigenvalue weighted by molar-refractivity contribution is -0.114. The number of ether oxygens (including phenoxy) is 1. The zero-order valence-corrected chi connectivity index (χ0v) is 12.4. The molecule has 2 aromatic rings. The zero-order valence-electron chi connectivity index (χ0n) is 11.6. The first kappa shape index (κ1) is 14.9. The number of benzene rings is 1. The molecule has 1 N–H and O–H groups in total. The van der Waals surface area contributed by atoms with Crippen LogP contribution in [-0.2, 0) is 9.53 Å². The molecule has 2 rings (SSSR count). The summed E-state index contributed by atoms with van der Waals surface area (Å²) in [4.78, 5) is 26.6. The van der Waals surface area contributed by atoms with Gasteiger partial charge in [0.1, 0.15) is 0 Å². The van der Waals surface area contributed by atoms with Gasteiger partial charge in [-0.3, -0.25) is 4.79 Å². The zero-order chi connectivity index (χ0) is 15.2. The highest BCUT2D eigenvalue weighted by Gasteiger charge is 2.04. The highest BCUT2D eigenvalue weighted by atomic mass is 32.1. The number of carbonyl (C=O) groups excluding carboxylic acids is 2. The lowest BCUT2D eigenvalue weighted by Crippen LogP contribution is -2.04. The fourth-order valence-electron chi connectivity index (χ4n) is 1.64. The van der Waals surface area contributed by atoms with E-state index in [1.165, 1.54) is 25.4 Å². The molecule has 0 saturated heterocycles. The number of anilines is 1. The number of nitrogens with zero attached hydrogens (tertiary/aromatic N) is 1. The molecule has 0 radical (unpaired) electrons. The van der Waals surface area contributed by atoms with Crippen molar-refractivity contribution >= 4 is 40.5 Å². The Bertz CT molecular complexity index is 692. The van der Waals surface area contributed by atoms with Gasteiger partial charge in [-0.25, -0.2) is 9.78 Å². The number of methoxy groups -OCH3 is 1. The molecule has 0 aliphatic heterocycles. The van der Waals surface area contributed by atoms with E-state index in [9.17, 15) is 9.59 Å². The minimum atomic E-state index is -0.369. The molecule has 1 amide bonds. The molecule has 108 valence electrons. The van der Waals surface area contributed by atoms with Crippen molar-refractivity contribution in [3.63, 3.8) is 0 Å². The number of thiazole rings is 1. The smallest absolute Gasteiger partial charge is 0.337 e. The Morgan fingerprint density at radius 2 is 2.14 bits per heavy atom. The van der Waals surface area contributed by atoms with Gasteiger partial charge in [0.25, 0.3) is 0 Å². The molecule has 0 atom stereocenters. The van der Waals surface area contributed by atoms with E-state index in [1.807, 2.05) is 23.6 Å². The maximum absolute atomic E-state index is 11.4. The van der Waals surface area contributed by atoms with E-state index < -0.39 is 0 Å². The molecule has 0 bridgehead atoms. The average Bonchev–Trinajstić information content (AvgIpc) is 2.91. The lowest BCUT2D eigenvalue weighted by Gasteiger charge is -1.99. The van der Waals surface area contributed by atoms with Crippen LogP contribution in [0, 0.1) is 0 Å². The van der Waals surface area contributed by atoms with Crippen molar-refractivity contribution in [3.8, 4) is 0 Å². The molecule has 1 heterocycles. The van der Waals surface area contributed by atoms with E-state index in [1.54, 1.807) is 18.2 Å². The van der Waals surface area contributed by atoms with Gasteiger partial charge in [-0.1, -0.05) is 18.2 Å². The van der Waals surface area contributed by atoms with Crippen molar-refractivity contribution in [1.82, 2.24) is 4.98 Å². The van der Waals surface area contributed by atoms with Crippen LogP contribution in [-0.4, -0.2) is 24.0 Å². The normalized spacial score (nSPS) is 10.6. The Balaban J connectivity index is 2.12. The summed E-state index contributed by atoms with van der Waals surface area (Å²) in [6, 6.07) is 7.10. The van der Waals surface area contributed by atoms with Crippen LogP contribution in [0.1, 0.15) is 28.5 Å². The molecule has 1 aromatic carbocycles. The summed E-state index contributed by atoms with van der Waals surface area (Å²) in [5, 5.41) is 5.03. The van der Waals surface area contributed by atoms with E-state index in [0.29, 0.717) is 10.7 Å². The van der Waals surface area contributed by atoms with E-state index in [4.69, 9.17) is 0 Å². The van der Waals surface area contributed by atoms with Gasteiger partial charge in [-0.2, -0.15) is 0 Å². The standard InChI is InChI=1S/C15H14N2O3S/c1-10(18)16-15-17-13(9-21-15)7-6-11-4-3-5-12(8-11)14(19)20-2/h3-9H,1-2H3,(H,16,17,18). The highest BCUT2D eigenvalue weighted by molar-refractivity contribution is 7.14. The first-order valence-corrected chi connectivity index (χ1v) is 7.06. The maximum Gasteiger partial charge on any atom is 0.337 e. The SMILES string of the molecule is COC(=O)c1cccc(C=Cc2csc(NC(C)=O)n2)c1. The topological polar surface area (TPSA) is 68.3 Å². The van der Waals surface area contributed by atoms with Crippen molar-refractivity contribution < 1.29 is 14.3 Å². The second kappa shape index (κ2) is 6.81. The predicted molar refractivity (Wildman–Crippen MR) is 83.1 cm³/mol. The van der Waals surface area contributed by atoms with E-state index in [2.05, 4.69) is 15.0 Å². The van der Waals surface area contributed by atoms with Gasteiger partial charge in [0.15, 0.2) is 5.13 Å². The third-order valence-corrected chi connectivity index (χ3v) is 3.34. The minimum absolute atomic E-state index is 0.148. The van der Waals surface area contributed by atoms with E-state index >= 15 is 0 Å². The Kier molecular flexibility index (Phi) is 4.84. The summed E-state index contributed by atoms with van der Waals surface area (Å²) in [6.45, 7) is 1.44. The molecule has 0 saturated carbocycles. The van der Waals surface area contributed by atoms with Crippen LogP contribution >= 0.6 is 11.3 Å².